The molecule has 0 radical (unpaired) electrons. The summed E-state index contributed by atoms with van der Waals surface area (Å²) in [6.45, 7) is 3.66. The van der Waals surface area contributed by atoms with Crippen molar-refractivity contribution in [3.63, 3.8) is 0 Å². The molecule has 0 bridgehead atoms. The molecular formula is C12H14N4O3. The summed E-state index contributed by atoms with van der Waals surface area (Å²) in [4.78, 5) is 21.8. The number of hydrogen-bond acceptors (Lipinski definition) is 5. The Hall–Kier alpha value is -2.44. The quantitative estimate of drug-likeness (QED) is 0.475. The molecule has 0 aliphatic carbocycles. The highest BCUT2D eigenvalue weighted by atomic mass is 16.6. The van der Waals surface area contributed by atoms with Crippen molar-refractivity contribution in [3.8, 4) is 0 Å². The molecule has 1 aliphatic rings. The minimum atomic E-state index is -0.533. The van der Waals surface area contributed by atoms with Crippen LogP contribution in [0.3, 0.4) is 0 Å². The summed E-state index contributed by atoms with van der Waals surface area (Å²) in [5.74, 6) is -0.498. The zero-order chi connectivity index (χ0) is 14.2. The molecule has 1 heterocycles. The van der Waals surface area contributed by atoms with Gasteiger partial charge in [0.1, 0.15) is 5.69 Å². The molecule has 0 spiro atoms. The number of amides is 1. The van der Waals surface area contributed by atoms with E-state index < -0.39 is 4.92 Å². The van der Waals surface area contributed by atoms with Crippen molar-refractivity contribution < 1.29 is 9.72 Å². The average Bonchev–Trinajstić information content (AvgIpc) is 2.37. The Labute approximate surface area is 109 Å². The van der Waals surface area contributed by atoms with E-state index in [4.69, 9.17) is 5.73 Å². The third-order valence-corrected chi connectivity index (χ3v) is 3.40. The van der Waals surface area contributed by atoms with Crippen LogP contribution in [0.2, 0.25) is 0 Å². The number of nitrogen functional groups attached to an aromatic ring is 1. The van der Waals surface area contributed by atoms with Gasteiger partial charge >= 0.3 is 0 Å². The number of nitro benzene ring substituents is 1. The van der Waals surface area contributed by atoms with Gasteiger partial charge in [-0.05, 0) is 6.07 Å². The van der Waals surface area contributed by atoms with Crippen molar-refractivity contribution >= 4 is 23.0 Å². The lowest BCUT2D eigenvalue weighted by atomic mass is 9.86. The van der Waals surface area contributed by atoms with E-state index in [1.165, 1.54) is 12.1 Å². The normalized spacial score (nSPS) is 22.6. The van der Waals surface area contributed by atoms with Gasteiger partial charge in [-0.3, -0.25) is 14.9 Å². The summed E-state index contributed by atoms with van der Waals surface area (Å²) in [6.07, 6.45) is 0. The van der Waals surface area contributed by atoms with Crippen LogP contribution in [0, 0.1) is 22.0 Å². The number of hydrazone groups is 1. The third-order valence-electron chi connectivity index (χ3n) is 3.40. The second-order valence-electron chi connectivity index (χ2n) is 4.58. The summed E-state index contributed by atoms with van der Waals surface area (Å²) in [6, 6.07) is 4.53. The Morgan fingerprint density at radius 3 is 2.68 bits per heavy atom. The van der Waals surface area contributed by atoms with Crippen molar-refractivity contribution in [1.29, 1.82) is 0 Å². The molecule has 2 atom stereocenters. The zero-order valence-corrected chi connectivity index (χ0v) is 10.6. The first-order chi connectivity index (χ1) is 8.91. The van der Waals surface area contributed by atoms with Crippen LogP contribution in [0.25, 0.3) is 0 Å². The Morgan fingerprint density at radius 2 is 2.05 bits per heavy atom. The maximum absolute atomic E-state index is 11.5. The number of nitro groups is 1. The summed E-state index contributed by atoms with van der Waals surface area (Å²) in [5, 5.41) is 14.9. The second kappa shape index (κ2) is 4.68. The Kier molecular flexibility index (Phi) is 3.20. The van der Waals surface area contributed by atoms with Gasteiger partial charge in [-0.25, -0.2) is 5.43 Å². The molecule has 1 aliphatic heterocycles. The van der Waals surface area contributed by atoms with E-state index in [1.54, 1.807) is 13.0 Å². The predicted octanol–water partition coefficient (Wildman–Crippen LogP) is 1.28. The van der Waals surface area contributed by atoms with Crippen LogP contribution in [0.15, 0.2) is 23.3 Å². The topological polar surface area (TPSA) is 111 Å². The maximum Gasteiger partial charge on any atom is 0.292 e. The highest BCUT2D eigenvalue weighted by molar-refractivity contribution is 6.07. The van der Waals surface area contributed by atoms with Gasteiger partial charge in [0.2, 0.25) is 5.91 Å². The highest BCUT2D eigenvalue weighted by Gasteiger charge is 2.30. The lowest BCUT2D eigenvalue weighted by molar-refractivity contribution is -0.383. The maximum atomic E-state index is 11.5. The number of nitrogens with one attached hydrogen (secondary N) is 1. The number of nitrogens with two attached hydrogens (primary N) is 1. The lowest BCUT2D eigenvalue weighted by Gasteiger charge is -2.25. The predicted molar refractivity (Wildman–Crippen MR) is 70.5 cm³/mol. The second-order valence-corrected chi connectivity index (χ2v) is 4.58. The molecule has 100 valence electrons. The standard InChI is InChI=1S/C12H14N4O3/c1-6-7(2)12(17)15-14-11(6)8-3-4-9(13)10(5-8)16(18)19/h3-7H,13H2,1-2H3,(H,15,17). The molecule has 0 saturated heterocycles. The SMILES string of the molecule is CC1C(=O)NN=C(c2ccc(N)c([N+](=O)[O-])c2)C1C. The van der Waals surface area contributed by atoms with Crippen LogP contribution >= 0.6 is 0 Å². The largest absolute Gasteiger partial charge is 0.393 e. The first-order valence-corrected chi connectivity index (χ1v) is 5.83. The first-order valence-electron chi connectivity index (χ1n) is 5.83. The van der Waals surface area contributed by atoms with Gasteiger partial charge in [0.15, 0.2) is 0 Å². The summed E-state index contributed by atoms with van der Waals surface area (Å²) in [7, 11) is 0. The number of rotatable bonds is 2. The molecule has 2 unspecified atom stereocenters. The minimum Gasteiger partial charge on any atom is -0.393 e. The van der Waals surface area contributed by atoms with Crippen molar-refractivity contribution in [2.75, 3.05) is 5.73 Å². The summed E-state index contributed by atoms with van der Waals surface area (Å²) in [5.41, 5.74) is 9.14. The molecule has 1 aromatic rings. The Bertz CT molecular complexity index is 582. The van der Waals surface area contributed by atoms with Gasteiger partial charge in [0.05, 0.1) is 10.6 Å². The molecule has 2 rings (SSSR count). The van der Waals surface area contributed by atoms with Gasteiger partial charge in [-0.2, -0.15) is 5.10 Å². The van der Waals surface area contributed by atoms with E-state index in [0.717, 1.165) is 0 Å². The first kappa shape index (κ1) is 13.0. The molecule has 3 N–H and O–H groups in total. The summed E-state index contributed by atoms with van der Waals surface area (Å²) < 4.78 is 0. The molecule has 1 aromatic carbocycles. The van der Waals surface area contributed by atoms with Crippen molar-refractivity contribution in [2.24, 2.45) is 16.9 Å². The van der Waals surface area contributed by atoms with Crippen molar-refractivity contribution in [3.05, 3.63) is 33.9 Å². The van der Waals surface area contributed by atoms with Gasteiger partial charge in [0.25, 0.3) is 5.69 Å². The number of benzene rings is 1. The van der Waals surface area contributed by atoms with E-state index in [0.29, 0.717) is 11.3 Å². The number of carbonyl (C=O) groups is 1. The van der Waals surface area contributed by atoms with Crippen LogP contribution in [0.4, 0.5) is 11.4 Å². The molecule has 7 nitrogen and oxygen atoms in total. The molecule has 0 aromatic heterocycles. The van der Waals surface area contributed by atoms with Crippen LogP contribution in [0.5, 0.6) is 0 Å². The van der Waals surface area contributed by atoms with Crippen molar-refractivity contribution in [1.82, 2.24) is 5.43 Å². The van der Waals surface area contributed by atoms with E-state index in [9.17, 15) is 14.9 Å². The number of nitrogens with zero attached hydrogens (tertiary/aromatic N) is 2. The van der Waals surface area contributed by atoms with Gasteiger partial charge in [-0.15, -0.1) is 0 Å². The lowest BCUT2D eigenvalue weighted by Crippen LogP contribution is -2.39. The van der Waals surface area contributed by atoms with Crippen LogP contribution in [-0.4, -0.2) is 16.5 Å². The fraction of sp³-hybridized carbons (Fsp3) is 0.333. The van der Waals surface area contributed by atoms with Gasteiger partial charge in [-0.1, -0.05) is 19.9 Å². The zero-order valence-electron chi connectivity index (χ0n) is 10.6. The number of hydrogen-bond donors (Lipinski definition) is 2. The number of carbonyl (C=O) groups excluding carboxylic acids is 1. The fourth-order valence-electron chi connectivity index (χ4n) is 1.97. The average molecular weight is 262 g/mol. The molecule has 0 saturated carbocycles. The van der Waals surface area contributed by atoms with E-state index >= 15 is 0 Å². The fourth-order valence-corrected chi connectivity index (χ4v) is 1.97. The monoisotopic (exact) mass is 262 g/mol. The van der Waals surface area contributed by atoms with Crippen LogP contribution < -0.4 is 11.2 Å². The van der Waals surface area contributed by atoms with Gasteiger partial charge < -0.3 is 5.73 Å². The van der Waals surface area contributed by atoms with E-state index in [2.05, 4.69) is 10.5 Å². The minimum absolute atomic E-state index is 0.106. The van der Waals surface area contributed by atoms with Gasteiger partial charge in [0, 0.05) is 23.5 Å². The van der Waals surface area contributed by atoms with Crippen LogP contribution in [-0.2, 0) is 4.79 Å². The summed E-state index contributed by atoms with van der Waals surface area (Å²) >= 11 is 0. The third kappa shape index (κ3) is 2.26. The Morgan fingerprint density at radius 1 is 1.37 bits per heavy atom. The molecule has 7 heteroatoms. The molecule has 1 amide bonds. The molecular weight excluding hydrogens is 248 g/mol. The van der Waals surface area contributed by atoms with Crippen molar-refractivity contribution in [2.45, 2.75) is 13.8 Å². The number of anilines is 1. The molecule has 19 heavy (non-hydrogen) atoms. The molecule has 0 fully saturated rings. The van der Waals surface area contributed by atoms with E-state index in [-0.39, 0.29) is 29.1 Å². The van der Waals surface area contributed by atoms with Crippen LogP contribution in [0.1, 0.15) is 19.4 Å². The Balaban J connectivity index is 2.45. The van der Waals surface area contributed by atoms with E-state index in [1.807, 2.05) is 6.92 Å². The smallest absolute Gasteiger partial charge is 0.292 e. The highest BCUT2D eigenvalue weighted by Crippen LogP contribution is 2.27.